The molecule has 1 saturated heterocycles. The molecule has 2 aromatic heterocycles. The summed E-state index contributed by atoms with van der Waals surface area (Å²) in [6.45, 7) is 5.25. The van der Waals surface area contributed by atoms with Crippen LogP contribution >= 0.6 is 15.9 Å². The maximum Gasteiger partial charge on any atom is 0.351 e. The van der Waals surface area contributed by atoms with Gasteiger partial charge in [-0.2, -0.15) is 4.98 Å². The van der Waals surface area contributed by atoms with Crippen molar-refractivity contribution in [1.29, 1.82) is 0 Å². The van der Waals surface area contributed by atoms with Gasteiger partial charge in [-0.15, -0.1) is 0 Å². The fourth-order valence-corrected chi connectivity index (χ4v) is 3.66. The van der Waals surface area contributed by atoms with Crippen LogP contribution in [0.3, 0.4) is 0 Å². The van der Waals surface area contributed by atoms with Crippen LogP contribution in [0.5, 0.6) is 5.88 Å². The van der Waals surface area contributed by atoms with Crippen LogP contribution < -0.4 is 10.4 Å². The number of carbonyl (C=O) groups excluding carboxylic acids is 1. The minimum atomic E-state index is -0.526. The number of carbonyl (C=O) groups is 1. The molecule has 3 aromatic rings. The number of Topliss-reactive ketones (excluding diaryl/α,β-unsaturated/α-hetero) is 1. The molecular formula is C23H23BrN4O3. The van der Waals surface area contributed by atoms with E-state index in [-0.39, 0.29) is 24.8 Å². The van der Waals surface area contributed by atoms with Gasteiger partial charge >= 0.3 is 5.69 Å². The van der Waals surface area contributed by atoms with Crippen molar-refractivity contribution < 1.29 is 9.53 Å². The van der Waals surface area contributed by atoms with E-state index in [9.17, 15) is 9.59 Å². The van der Waals surface area contributed by atoms with E-state index < -0.39 is 5.69 Å². The maximum absolute atomic E-state index is 12.8. The molecule has 0 radical (unpaired) electrons. The van der Waals surface area contributed by atoms with E-state index >= 15 is 0 Å². The normalized spacial score (nSPS) is 13.6. The number of likely N-dealkylation sites (tertiary alicyclic amines) is 1. The fourth-order valence-electron chi connectivity index (χ4n) is 3.43. The van der Waals surface area contributed by atoms with E-state index in [2.05, 4.69) is 36.9 Å². The molecule has 160 valence electrons. The number of aromatic nitrogens is 3. The standard InChI is InChI=1S/C23H23BrN4O3/c1-16-11-17(13-27-8-2-9-27)3-6-20(16)21(29)14-28-10-7-22(26-23(28)30)31-15-19-5-4-18(24)12-25-19/h3-7,10-12H,2,8-9,13-15H2,1H3. The summed E-state index contributed by atoms with van der Waals surface area (Å²) in [4.78, 5) is 35.6. The highest BCUT2D eigenvalue weighted by molar-refractivity contribution is 9.10. The maximum atomic E-state index is 12.8. The molecule has 0 unspecified atom stereocenters. The van der Waals surface area contributed by atoms with Crippen molar-refractivity contribution in [2.24, 2.45) is 0 Å². The number of hydrogen-bond donors (Lipinski definition) is 0. The van der Waals surface area contributed by atoms with Gasteiger partial charge in [0.25, 0.3) is 0 Å². The second-order valence-corrected chi connectivity index (χ2v) is 8.55. The second kappa shape index (κ2) is 9.53. The number of halogens is 1. The van der Waals surface area contributed by atoms with Crippen molar-refractivity contribution in [3.8, 4) is 5.88 Å². The monoisotopic (exact) mass is 482 g/mol. The highest BCUT2D eigenvalue weighted by Crippen LogP contribution is 2.17. The molecule has 7 nitrogen and oxygen atoms in total. The first-order chi connectivity index (χ1) is 15.0. The van der Waals surface area contributed by atoms with Gasteiger partial charge < -0.3 is 4.74 Å². The van der Waals surface area contributed by atoms with Gasteiger partial charge in [-0.05, 0) is 65.6 Å². The SMILES string of the molecule is Cc1cc(CN2CCC2)ccc1C(=O)Cn1ccc(OCc2ccc(Br)cn2)nc1=O. The van der Waals surface area contributed by atoms with Crippen molar-refractivity contribution >= 4 is 21.7 Å². The topological polar surface area (TPSA) is 77.3 Å². The first kappa shape index (κ1) is 21.4. The van der Waals surface area contributed by atoms with Crippen molar-refractivity contribution in [2.45, 2.75) is 33.0 Å². The molecule has 1 aliphatic heterocycles. The second-order valence-electron chi connectivity index (χ2n) is 7.63. The summed E-state index contributed by atoms with van der Waals surface area (Å²) in [7, 11) is 0. The van der Waals surface area contributed by atoms with E-state index in [1.807, 2.05) is 31.2 Å². The lowest BCUT2D eigenvalue weighted by Gasteiger charge is -2.30. The number of ether oxygens (including phenoxy) is 1. The Balaban J connectivity index is 1.38. The molecule has 1 aliphatic rings. The quantitative estimate of drug-likeness (QED) is 0.458. The summed E-state index contributed by atoms with van der Waals surface area (Å²) in [6, 6.07) is 11.2. The third-order valence-corrected chi connectivity index (χ3v) is 5.73. The average Bonchev–Trinajstić information content (AvgIpc) is 2.72. The fraction of sp³-hybridized carbons (Fsp3) is 0.304. The lowest BCUT2D eigenvalue weighted by atomic mass is 10.0. The molecule has 3 heterocycles. The predicted molar refractivity (Wildman–Crippen MR) is 120 cm³/mol. The molecule has 1 aromatic carbocycles. The Kier molecular flexibility index (Phi) is 6.58. The molecule has 0 aliphatic carbocycles. The summed E-state index contributed by atoms with van der Waals surface area (Å²) in [5.74, 6) is 0.0783. The summed E-state index contributed by atoms with van der Waals surface area (Å²) >= 11 is 3.33. The Morgan fingerprint density at radius 3 is 2.68 bits per heavy atom. The molecule has 4 rings (SSSR count). The third-order valence-electron chi connectivity index (χ3n) is 5.27. The smallest absolute Gasteiger partial charge is 0.351 e. The van der Waals surface area contributed by atoms with Gasteiger partial charge in [0.2, 0.25) is 5.88 Å². The van der Waals surface area contributed by atoms with E-state index in [1.165, 1.54) is 22.7 Å². The van der Waals surface area contributed by atoms with Gasteiger partial charge in [-0.25, -0.2) is 4.79 Å². The molecule has 0 saturated carbocycles. The molecule has 0 spiro atoms. The van der Waals surface area contributed by atoms with Crippen molar-refractivity contribution in [3.05, 3.63) is 86.1 Å². The van der Waals surface area contributed by atoms with Crippen LogP contribution in [0.2, 0.25) is 0 Å². The highest BCUT2D eigenvalue weighted by atomic mass is 79.9. The predicted octanol–water partition coefficient (Wildman–Crippen LogP) is 3.38. The largest absolute Gasteiger partial charge is 0.471 e. The molecule has 1 fully saturated rings. The van der Waals surface area contributed by atoms with Crippen LogP contribution in [-0.4, -0.2) is 38.3 Å². The summed E-state index contributed by atoms with van der Waals surface area (Å²) < 4.78 is 7.71. The van der Waals surface area contributed by atoms with Gasteiger partial charge in [0, 0.05) is 35.0 Å². The van der Waals surface area contributed by atoms with Gasteiger partial charge in [0.1, 0.15) is 6.61 Å². The van der Waals surface area contributed by atoms with Crippen LogP contribution in [0.25, 0.3) is 0 Å². The number of hydrogen-bond acceptors (Lipinski definition) is 6. The van der Waals surface area contributed by atoms with Gasteiger partial charge in [0.15, 0.2) is 5.78 Å². The van der Waals surface area contributed by atoms with Crippen molar-refractivity contribution in [3.63, 3.8) is 0 Å². The number of aryl methyl sites for hydroxylation is 1. The zero-order valence-electron chi connectivity index (χ0n) is 17.3. The lowest BCUT2D eigenvalue weighted by molar-refractivity contribution is 0.0969. The molecular weight excluding hydrogens is 460 g/mol. The Labute approximate surface area is 188 Å². The number of benzene rings is 1. The van der Waals surface area contributed by atoms with E-state index in [1.54, 1.807) is 12.3 Å². The summed E-state index contributed by atoms with van der Waals surface area (Å²) in [6.07, 6.45) is 4.46. The van der Waals surface area contributed by atoms with Crippen LogP contribution in [-0.2, 0) is 19.7 Å². The first-order valence-corrected chi connectivity index (χ1v) is 10.9. The van der Waals surface area contributed by atoms with Gasteiger partial charge in [0.05, 0.1) is 12.2 Å². The number of pyridine rings is 1. The zero-order chi connectivity index (χ0) is 21.8. The molecule has 0 atom stereocenters. The van der Waals surface area contributed by atoms with Crippen LogP contribution in [0.15, 0.2) is 58.1 Å². The van der Waals surface area contributed by atoms with E-state index in [0.717, 1.165) is 35.4 Å². The third kappa shape index (κ3) is 5.45. The molecule has 0 amide bonds. The summed E-state index contributed by atoms with van der Waals surface area (Å²) in [5.41, 5.74) is 2.94. The first-order valence-electron chi connectivity index (χ1n) is 10.1. The van der Waals surface area contributed by atoms with Crippen LogP contribution in [0.4, 0.5) is 0 Å². The average molecular weight is 483 g/mol. The molecule has 31 heavy (non-hydrogen) atoms. The van der Waals surface area contributed by atoms with E-state index in [4.69, 9.17) is 4.74 Å². The Morgan fingerprint density at radius 1 is 1.19 bits per heavy atom. The highest BCUT2D eigenvalue weighted by Gasteiger charge is 2.16. The molecule has 8 heteroatoms. The van der Waals surface area contributed by atoms with Crippen molar-refractivity contribution in [2.75, 3.05) is 13.1 Å². The number of nitrogens with zero attached hydrogens (tertiary/aromatic N) is 4. The Morgan fingerprint density at radius 2 is 2.03 bits per heavy atom. The zero-order valence-corrected chi connectivity index (χ0v) is 18.8. The number of ketones is 1. The Bertz CT molecular complexity index is 1140. The van der Waals surface area contributed by atoms with Gasteiger partial charge in [-0.3, -0.25) is 19.2 Å². The molecule has 0 N–H and O–H groups in total. The minimum Gasteiger partial charge on any atom is -0.471 e. The van der Waals surface area contributed by atoms with Crippen LogP contribution in [0.1, 0.15) is 33.6 Å². The van der Waals surface area contributed by atoms with Gasteiger partial charge in [-0.1, -0.05) is 18.2 Å². The minimum absolute atomic E-state index is 0.0628. The van der Waals surface area contributed by atoms with E-state index in [0.29, 0.717) is 5.56 Å². The number of rotatable bonds is 8. The summed E-state index contributed by atoms with van der Waals surface area (Å²) in [5, 5.41) is 0. The van der Waals surface area contributed by atoms with Crippen LogP contribution in [0, 0.1) is 6.92 Å². The molecule has 0 bridgehead atoms. The lowest BCUT2D eigenvalue weighted by Crippen LogP contribution is -2.36. The Hall–Kier alpha value is -2.84. The van der Waals surface area contributed by atoms with Crippen molar-refractivity contribution in [1.82, 2.24) is 19.4 Å².